The highest BCUT2D eigenvalue weighted by Gasteiger charge is 2.27. The second kappa shape index (κ2) is 12.2. The lowest BCUT2D eigenvalue weighted by Gasteiger charge is -2.39. The van der Waals surface area contributed by atoms with Crippen LogP contribution in [0.4, 0.5) is 10.5 Å². The van der Waals surface area contributed by atoms with E-state index in [4.69, 9.17) is 13.9 Å². The number of rotatable bonds is 10. The molecule has 0 bridgehead atoms. The van der Waals surface area contributed by atoms with Gasteiger partial charge in [-0.05, 0) is 60.5 Å². The highest BCUT2D eigenvalue weighted by Crippen LogP contribution is 2.25. The minimum absolute atomic E-state index is 0.0182. The number of benzene rings is 2. The minimum Gasteiger partial charge on any atom is -0.497 e. The third kappa shape index (κ3) is 6.70. The molecule has 186 valence electrons. The SMILES string of the molecule is COc1ccc(CCNC(=O)NCC(c2ccco2)N2CCN(c3ccc(OC)cc3)CC2)cc1. The summed E-state index contributed by atoms with van der Waals surface area (Å²) >= 11 is 0. The highest BCUT2D eigenvalue weighted by molar-refractivity contribution is 5.73. The molecule has 0 saturated carbocycles. The molecule has 1 aliphatic heterocycles. The third-order valence-corrected chi connectivity index (χ3v) is 6.38. The number of nitrogens with one attached hydrogen (secondary N) is 2. The van der Waals surface area contributed by atoms with Gasteiger partial charge in [-0.2, -0.15) is 0 Å². The van der Waals surface area contributed by atoms with Crippen LogP contribution in [0.5, 0.6) is 11.5 Å². The van der Waals surface area contributed by atoms with Gasteiger partial charge in [-0.15, -0.1) is 0 Å². The molecule has 4 rings (SSSR count). The fraction of sp³-hybridized carbons (Fsp3) is 0.370. The fourth-order valence-corrected chi connectivity index (χ4v) is 4.34. The van der Waals surface area contributed by atoms with Crippen molar-refractivity contribution in [2.75, 3.05) is 58.4 Å². The largest absolute Gasteiger partial charge is 0.497 e. The first-order chi connectivity index (χ1) is 17.2. The maximum Gasteiger partial charge on any atom is 0.314 e. The average Bonchev–Trinajstić information content (AvgIpc) is 3.44. The van der Waals surface area contributed by atoms with Crippen LogP contribution >= 0.6 is 0 Å². The number of urea groups is 1. The molecular weight excluding hydrogens is 444 g/mol. The molecule has 0 radical (unpaired) electrons. The van der Waals surface area contributed by atoms with Crippen molar-refractivity contribution in [3.63, 3.8) is 0 Å². The van der Waals surface area contributed by atoms with Gasteiger partial charge in [0.05, 0.1) is 26.5 Å². The topological polar surface area (TPSA) is 79.2 Å². The number of nitrogens with zero attached hydrogens (tertiary/aromatic N) is 2. The Balaban J connectivity index is 1.26. The van der Waals surface area contributed by atoms with Crippen molar-refractivity contribution in [1.29, 1.82) is 0 Å². The first-order valence-electron chi connectivity index (χ1n) is 12.0. The summed E-state index contributed by atoms with van der Waals surface area (Å²) < 4.78 is 16.2. The molecule has 2 heterocycles. The van der Waals surface area contributed by atoms with Crippen LogP contribution in [0.15, 0.2) is 71.3 Å². The summed E-state index contributed by atoms with van der Waals surface area (Å²) in [6, 6.07) is 19.7. The molecule has 35 heavy (non-hydrogen) atoms. The van der Waals surface area contributed by atoms with Crippen LogP contribution in [-0.2, 0) is 6.42 Å². The number of methoxy groups -OCH3 is 2. The van der Waals surface area contributed by atoms with Crippen LogP contribution in [0.2, 0.25) is 0 Å². The molecule has 2 N–H and O–H groups in total. The Morgan fingerprint density at radius 2 is 1.57 bits per heavy atom. The van der Waals surface area contributed by atoms with Gasteiger partial charge in [-0.1, -0.05) is 12.1 Å². The van der Waals surface area contributed by atoms with E-state index in [1.807, 2.05) is 48.5 Å². The molecule has 1 unspecified atom stereocenters. The van der Waals surface area contributed by atoms with Crippen molar-refractivity contribution >= 4 is 11.7 Å². The fourth-order valence-electron chi connectivity index (χ4n) is 4.34. The van der Waals surface area contributed by atoms with Gasteiger partial charge in [-0.25, -0.2) is 4.79 Å². The zero-order chi connectivity index (χ0) is 24.5. The normalized spacial score (nSPS) is 14.9. The van der Waals surface area contributed by atoms with E-state index < -0.39 is 0 Å². The first-order valence-corrected chi connectivity index (χ1v) is 12.0. The van der Waals surface area contributed by atoms with Gasteiger partial charge in [0.25, 0.3) is 0 Å². The molecular formula is C27H34N4O4. The number of hydrogen-bond donors (Lipinski definition) is 2. The molecule has 1 fully saturated rings. The van der Waals surface area contributed by atoms with Crippen molar-refractivity contribution < 1.29 is 18.7 Å². The standard InChI is InChI=1S/C27H34N4O4/c1-33-23-9-5-21(6-10-23)13-14-28-27(32)29-20-25(26-4-3-19-35-26)31-17-15-30(16-18-31)22-7-11-24(34-2)12-8-22/h3-12,19,25H,13-18,20H2,1-2H3,(H2,28,29,32). The van der Waals surface area contributed by atoms with Crippen LogP contribution in [0.3, 0.4) is 0 Å². The molecule has 1 aromatic heterocycles. The van der Waals surface area contributed by atoms with E-state index >= 15 is 0 Å². The van der Waals surface area contributed by atoms with Crippen LogP contribution < -0.4 is 25.0 Å². The lowest BCUT2D eigenvalue weighted by Crippen LogP contribution is -2.50. The second-order valence-electron chi connectivity index (χ2n) is 8.49. The Kier molecular flexibility index (Phi) is 8.51. The minimum atomic E-state index is -0.174. The van der Waals surface area contributed by atoms with Gasteiger partial charge in [0.2, 0.25) is 0 Å². The predicted octanol–water partition coefficient (Wildman–Crippen LogP) is 3.70. The number of hydrogen-bond acceptors (Lipinski definition) is 6. The van der Waals surface area contributed by atoms with Crippen LogP contribution in [-0.4, -0.2) is 64.4 Å². The summed E-state index contributed by atoms with van der Waals surface area (Å²) in [7, 11) is 3.33. The maximum atomic E-state index is 12.5. The Labute approximate surface area is 206 Å². The van der Waals surface area contributed by atoms with E-state index in [9.17, 15) is 4.79 Å². The smallest absolute Gasteiger partial charge is 0.314 e. The van der Waals surface area contributed by atoms with Crippen molar-refractivity contribution in [2.24, 2.45) is 0 Å². The van der Waals surface area contributed by atoms with E-state index in [2.05, 4.69) is 32.6 Å². The van der Waals surface area contributed by atoms with Crippen LogP contribution in [0.25, 0.3) is 0 Å². The Bertz CT molecular complexity index is 1030. The Morgan fingerprint density at radius 3 is 2.17 bits per heavy atom. The first kappa shape index (κ1) is 24.5. The monoisotopic (exact) mass is 478 g/mol. The molecule has 2 aromatic carbocycles. The van der Waals surface area contributed by atoms with Crippen molar-refractivity contribution in [3.05, 3.63) is 78.3 Å². The van der Waals surface area contributed by atoms with Crippen molar-refractivity contribution in [2.45, 2.75) is 12.5 Å². The summed E-state index contributed by atoms with van der Waals surface area (Å²) in [5.74, 6) is 2.55. The number of carbonyl (C=O) groups is 1. The number of carbonyl (C=O) groups excluding carboxylic acids is 1. The Hall–Kier alpha value is -3.65. The van der Waals surface area contributed by atoms with Crippen molar-refractivity contribution in [1.82, 2.24) is 15.5 Å². The second-order valence-corrected chi connectivity index (χ2v) is 8.49. The number of furan rings is 1. The zero-order valence-electron chi connectivity index (χ0n) is 20.4. The zero-order valence-corrected chi connectivity index (χ0v) is 20.4. The third-order valence-electron chi connectivity index (χ3n) is 6.38. The van der Waals surface area contributed by atoms with Crippen LogP contribution in [0, 0.1) is 0 Å². The Morgan fingerprint density at radius 1 is 0.914 bits per heavy atom. The summed E-state index contributed by atoms with van der Waals surface area (Å²) in [5, 5.41) is 5.98. The average molecular weight is 479 g/mol. The summed E-state index contributed by atoms with van der Waals surface area (Å²) in [5.41, 5.74) is 2.34. The van der Waals surface area contributed by atoms with E-state index in [0.29, 0.717) is 13.1 Å². The predicted molar refractivity (Wildman–Crippen MR) is 136 cm³/mol. The van der Waals surface area contributed by atoms with Gasteiger partial charge in [-0.3, -0.25) is 4.90 Å². The number of amides is 2. The van der Waals surface area contributed by atoms with E-state index in [-0.39, 0.29) is 12.1 Å². The molecule has 0 spiro atoms. The quantitative estimate of drug-likeness (QED) is 0.463. The number of anilines is 1. The van der Waals surface area contributed by atoms with Crippen LogP contribution in [0.1, 0.15) is 17.4 Å². The summed E-state index contributed by atoms with van der Waals surface area (Å²) in [6.07, 6.45) is 2.44. The van der Waals surface area contributed by atoms with Crippen molar-refractivity contribution in [3.8, 4) is 11.5 Å². The molecule has 8 nitrogen and oxygen atoms in total. The van der Waals surface area contributed by atoms with E-state index in [1.54, 1.807) is 20.5 Å². The molecule has 1 aliphatic rings. The molecule has 8 heteroatoms. The maximum absolute atomic E-state index is 12.5. The summed E-state index contributed by atoms with van der Waals surface area (Å²) in [4.78, 5) is 17.2. The lowest BCUT2D eigenvalue weighted by molar-refractivity contribution is 0.161. The number of piperazine rings is 1. The molecule has 2 amide bonds. The van der Waals surface area contributed by atoms with Gasteiger partial charge < -0.3 is 29.4 Å². The number of ether oxygens (including phenoxy) is 2. The van der Waals surface area contributed by atoms with Gasteiger partial charge >= 0.3 is 6.03 Å². The lowest BCUT2D eigenvalue weighted by atomic mass is 10.1. The molecule has 1 saturated heterocycles. The summed E-state index contributed by atoms with van der Waals surface area (Å²) in [6.45, 7) is 4.58. The van der Waals surface area contributed by atoms with E-state index in [0.717, 1.165) is 55.4 Å². The van der Waals surface area contributed by atoms with E-state index in [1.165, 1.54) is 5.69 Å². The molecule has 1 atom stereocenters. The molecule has 0 aliphatic carbocycles. The molecule has 3 aromatic rings. The van der Waals surface area contributed by atoms with Gasteiger partial charge in [0, 0.05) is 45.0 Å². The highest BCUT2D eigenvalue weighted by atomic mass is 16.5. The van der Waals surface area contributed by atoms with Gasteiger partial charge in [0.15, 0.2) is 0 Å². The van der Waals surface area contributed by atoms with Gasteiger partial charge in [0.1, 0.15) is 17.3 Å².